The molecule has 4 radical (unpaired) electrons. The SMILES string of the molecule is [CH3][Sn]([CH3])[CH3].[In]. The Kier molecular flexibility index (Phi) is 11.1. The maximum atomic E-state index is 2.36. The van der Waals surface area contributed by atoms with E-state index in [0.29, 0.717) is 0 Å². The molecule has 0 aliphatic carbocycles. The maximum Gasteiger partial charge on any atom is 0 e. The Bertz CT molecular complexity index is 11.6. The van der Waals surface area contributed by atoms with Gasteiger partial charge in [0.05, 0.1) is 0 Å². The Morgan fingerprint density at radius 3 is 1.00 bits per heavy atom. The largest absolute Gasteiger partial charge is 0 e. The van der Waals surface area contributed by atoms with Gasteiger partial charge in [-0.3, -0.25) is 0 Å². The second-order valence-electron chi connectivity index (χ2n) is 1.50. The minimum Gasteiger partial charge on any atom is 0 e. The first kappa shape index (κ1) is 9.83. The fourth-order valence-electron chi connectivity index (χ4n) is 0. The van der Waals surface area contributed by atoms with E-state index in [1.165, 1.54) is 0 Å². The van der Waals surface area contributed by atoms with Gasteiger partial charge in [-0.1, -0.05) is 0 Å². The molecule has 0 aliphatic heterocycles. The van der Waals surface area contributed by atoms with Crippen molar-refractivity contribution in [3.05, 3.63) is 0 Å². The molecule has 0 spiro atoms. The van der Waals surface area contributed by atoms with E-state index in [2.05, 4.69) is 14.8 Å². The van der Waals surface area contributed by atoms with E-state index >= 15 is 0 Å². The summed E-state index contributed by atoms with van der Waals surface area (Å²) in [6.07, 6.45) is 0. The van der Waals surface area contributed by atoms with Gasteiger partial charge in [0.25, 0.3) is 0 Å². The zero-order chi connectivity index (χ0) is 3.58. The van der Waals surface area contributed by atoms with Crippen LogP contribution in [0.5, 0.6) is 0 Å². The molecule has 0 saturated carbocycles. The Morgan fingerprint density at radius 1 is 1.00 bits per heavy atom. The normalized spacial score (nSPS) is 7.20. The maximum absolute atomic E-state index is 2.36. The fraction of sp³-hybridized carbons (Fsp3) is 1.00. The minimum absolute atomic E-state index is 0. The zero-order valence-corrected chi connectivity index (χ0v) is 10.2. The summed E-state index contributed by atoms with van der Waals surface area (Å²) in [5, 5.41) is 0. The number of hydrogen-bond acceptors (Lipinski definition) is 0. The number of rotatable bonds is 0. The molecule has 0 heterocycles. The molecular formula is C3H9InSn. The summed E-state index contributed by atoms with van der Waals surface area (Å²) < 4.78 is 0. The molecule has 0 rings (SSSR count). The Hall–Kier alpha value is 1.67. The van der Waals surface area contributed by atoms with Gasteiger partial charge in [-0.2, -0.15) is 0 Å². The molecule has 0 amide bonds. The van der Waals surface area contributed by atoms with Gasteiger partial charge in [0, 0.05) is 25.8 Å². The van der Waals surface area contributed by atoms with E-state index in [4.69, 9.17) is 0 Å². The van der Waals surface area contributed by atoms with E-state index in [1.54, 1.807) is 0 Å². The summed E-state index contributed by atoms with van der Waals surface area (Å²) in [6, 6.07) is 0. The van der Waals surface area contributed by atoms with Crippen molar-refractivity contribution in [3.8, 4) is 0 Å². The van der Waals surface area contributed by atoms with Crippen molar-refractivity contribution < 1.29 is 0 Å². The van der Waals surface area contributed by atoms with Crippen molar-refractivity contribution in [1.29, 1.82) is 0 Å². The minimum atomic E-state index is -0.543. The Labute approximate surface area is 59.9 Å². The van der Waals surface area contributed by atoms with Gasteiger partial charge in [-0.15, -0.1) is 0 Å². The van der Waals surface area contributed by atoms with Crippen molar-refractivity contribution in [3.63, 3.8) is 0 Å². The molecule has 0 aromatic heterocycles. The van der Waals surface area contributed by atoms with E-state index in [-0.39, 0.29) is 25.8 Å². The molecule has 2 heteroatoms. The smallest absolute Gasteiger partial charge is 0 e. The molecular weight excluding hydrogens is 270 g/mol. The van der Waals surface area contributed by atoms with Gasteiger partial charge < -0.3 is 0 Å². The molecule has 0 unspecified atom stereocenters. The third-order valence-corrected chi connectivity index (χ3v) is 0. The van der Waals surface area contributed by atoms with Crippen LogP contribution in [0.1, 0.15) is 0 Å². The van der Waals surface area contributed by atoms with Crippen LogP contribution in [0.4, 0.5) is 0 Å². The fourth-order valence-corrected chi connectivity index (χ4v) is 0. The van der Waals surface area contributed by atoms with E-state index in [1.807, 2.05) is 0 Å². The van der Waals surface area contributed by atoms with Crippen LogP contribution in [0.15, 0.2) is 0 Å². The monoisotopic (exact) mass is 280 g/mol. The van der Waals surface area contributed by atoms with Crippen LogP contribution in [0.2, 0.25) is 14.8 Å². The average molecular weight is 279 g/mol. The first-order valence-electron chi connectivity index (χ1n) is 1.50. The van der Waals surface area contributed by atoms with Gasteiger partial charge in [-0.05, 0) is 0 Å². The summed E-state index contributed by atoms with van der Waals surface area (Å²) in [4.78, 5) is 7.09. The molecule has 0 bridgehead atoms. The Morgan fingerprint density at radius 2 is 1.00 bits per heavy atom. The van der Waals surface area contributed by atoms with Crippen molar-refractivity contribution in [2.45, 2.75) is 14.8 Å². The first-order valence-corrected chi connectivity index (χ1v) is 10.1. The third-order valence-electron chi connectivity index (χ3n) is 0. The van der Waals surface area contributed by atoms with Crippen LogP contribution in [-0.4, -0.2) is 45.6 Å². The van der Waals surface area contributed by atoms with Crippen LogP contribution < -0.4 is 0 Å². The van der Waals surface area contributed by atoms with Gasteiger partial charge in [-0.25, -0.2) is 0 Å². The van der Waals surface area contributed by atoms with E-state index < -0.39 is 19.8 Å². The Balaban J connectivity index is 0. The predicted octanol–water partition coefficient (Wildman–Crippen LogP) is 0.990. The van der Waals surface area contributed by atoms with Gasteiger partial charge in [0.2, 0.25) is 0 Å². The van der Waals surface area contributed by atoms with Crippen LogP contribution >= 0.6 is 0 Å². The molecule has 0 aliphatic rings. The van der Waals surface area contributed by atoms with Crippen LogP contribution in [0.25, 0.3) is 0 Å². The van der Waals surface area contributed by atoms with Gasteiger partial charge >= 0.3 is 34.6 Å². The quantitative estimate of drug-likeness (QED) is 0.580. The predicted molar refractivity (Wildman–Crippen MR) is 29.1 cm³/mol. The van der Waals surface area contributed by atoms with Gasteiger partial charge in [0.15, 0.2) is 0 Å². The van der Waals surface area contributed by atoms with Crippen LogP contribution in [-0.2, 0) is 0 Å². The molecule has 0 atom stereocenters. The second-order valence-corrected chi connectivity index (χ2v) is 10.1. The van der Waals surface area contributed by atoms with Crippen LogP contribution in [0.3, 0.4) is 0 Å². The molecule has 0 N–H and O–H groups in total. The molecule has 0 nitrogen and oxygen atoms in total. The average Bonchev–Trinajstić information content (AvgIpc) is 0.811. The molecule has 0 aromatic carbocycles. The summed E-state index contributed by atoms with van der Waals surface area (Å²) in [5.41, 5.74) is 0. The standard InChI is InChI=1S/3CH3.In.Sn/h3*1H3;;. The first-order chi connectivity index (χ1) is 1.73. The molecule has 5 heavy (non-hydrogen) atoms. The summed E-state index contributed by atoms with van der Waals surface area (Å²) in [6.45, 7) is 0. The van der Waals surface area contributed by atoms with Crippen molar-refractivity contribution in [2.24, 2.45) is 0 Å². The van der Waals surface area contributed by atoms with Crippen molar-refractivity contribution in [1.82, 2.24) is 0 Å². The molecule has 0 aromatic rings. The molecule has 28 valence electrons. The zero-order valence-electron chi connectivity index (χ0n) is 4.08. The summed E-state index contributed by atoms with van der Waals surface area (Å²) in [5.74, 6) is 0. The van der Waals surface area contributed by atoms with E-state index in [9.17, 15) is 0 Å². The van der Waals surface area contributed by atoms with Crippen molar-refractivity contribution in [2.75, 3.05) is 0 Å². The van der Waals surface area contributed by atoms with Gasteiger partial charge in [0.1, 0.15) is 0 Å². The van der Waals surface area contributed by atoms with Crippen LogP contribution in [0, 0.1) is 0 Å². The summed E-state index contributed by atoms with van der Waals surface area (Å²) in [7, 11) is 0. The van der Waals surface area contributed by atoms with E-state index in [0.717, 1.165) is 0 Å². The topological polar surface area (TPSA) is 0 Å². The number of hydrogen-bond donors (Lipinski definition) is 0. The van der Waals surface area contributed by atoms with Crippen molar-refractivity contribution >= 4 is 45.6 Å². The summed E-state index contributed by atoms with van der Waals surface area (Å²) >= 11 is -0.543. The third kappa shape index (κ3) is 27.4. The molecule has 0 fully saturated rings. The second kappa shape index (κ2) is 5.67. The molecule has 0 saturated heterocycles.